The fraction of sp³-hybridized carbons (Fsp3) is 0.227. The van der Waals surface area contributed by atoms with E-state index in [2.05, 4.69) is 17.4 Å². The highest BCUT2D eigenvalue weighted by Crippen LogP contribution is 2.48. The van der Waals surface area contributed by atoms with Crippen molar-refractivity contribution in [3.8, 4) is 17.2 Å². The first kappa shape index (κ1) is 17.2. The first-order valence-electron chi connectivity index (χ1n) is 8.78. The molecule has 0 spiro atoms. The third-order valence-corrected chi connectivity index (χ3v) is 5.10. The lowest BCUT2D eigenvalue weighted by molar-refractivity contribution is -0.116. The quantitative estimate of drug-likeness (QED) is 0.749. The molecule has 1 heterocycles. The Morgan fingerprint density at radius 3 is 2.33 bits per heavy atom. The van der Waals surface area contributed by atoms with Crippen LogP contribution in [0.5, 0.6) is 17.2 Å². The Hall–Kier alpha value is -3.21. The Balaban J connectivity index is 1.94. The van der Waals surface area contributed by atoms with Crippen molar-refractivity contribution in [3.05, 3.63) is 59.7 Å². The number of carbonyl (C=O) groups excluding carboxylic acids is 1. The van der Waals surface area contributed by atoms with Crippen LogP contribution in [0.1, 0.15) is 23.5 Å². The van der Waals surface area contributed by atoms with E-state index in [0.29, 0.717) is 23.7 Å². The number of amides is 1. The maximum Gasteiger partial charge on any atom is 0.225 e. The van der Waals surface area contributed by atoms with Gasteiger partial charge in [0.25, 0.3) is 0 Å². The van der Waals surface area contributed by atoms with Gasteiger partial charge in [-0.05, 0) is 17.0 Å². The van der Waals surface area contributed by atoms with Crippen molar-refractivity contribution >= 4 is 22.4 Å². The minimum absolute atomic E-state index is 0.0132. The summed E-state index contributed by atoms with van der Waals surface area (Å²) in [4.78, 5) is 12.5. The predicted molar refractivity (Wildman–Crippen MR) is 105 cm³/mol. The molecule has 4 rings (SSSR count). The van der Waals surface area contributed by atoms with Crippen LogP contribution in [-0.2, 0) is 4.79 Å². The van der Waals surface area contributed by atoms with Crippen molar-refractivity contribution in [2.24, 2.45) is 0 Å². The van der Waals surface area contributed by atoms with Crippen LogP contribution in [-0.4, -0.2) is 27.2 Å². The van der Waals surface area contributed by atoms with Gasteiger partial charge in [-0.25, -0.2) is 0 Å². The van der Waals surface area contributed by atoms with Gasteiger partial charge in [0.1, 0.15) is 0 Å². The molecule has 138 valence electrons. The van der Waals surface area contributed by atoms with E-state index in [-0.39, 0.29) is 11.8 Å². The van der Waals surface area contributed by atoms with Gasteiger partial charge in [0.15, 0.2) is 11.5 Å². The molecule has 0 saturated carbocycles. The highest BCUT2D eigenvalue weighted by Gasteiger charge is 2.31. The van der Waals surface area contributed by atoms with Crippen LogP contribution in [0.4, 0.5) is 5.69 Å². The molecule has 1 aliphatic rings. The standard InChI is InChI=1S/C22H21NO4/c1-25-18-11-10-16(21(26-2)22(18)27-3)17-12-19(24)23-20-14-7-5-4-6-13(14)8-9-15(17)20/h4-11,17H,12H2,1-3H3,(H,23,24)/t17-/m0/s1. The van der Waals surface area contributed by atoms with Crippen LogP contribution in [0.25, 0.3) is 10.8 Å². The van der Waals surface area contributed by atoms with E-state index in [0.717, 1.165) is 27.6 Å². The lowest BCUT2D eigenvalue weighted by Crippen LogP contribution is -2.24. The lowest BCUT2D eigenvalue weighted by Gasteiger charge is -2.29. The number of hydrogen-bond acceptors (Lipinski definition) is 4. The molecule has 0 bridgehead atoms. The Kier molecular flexibility index (Phi) is 4.36. The summed E-state index contributed by atoms with van der Waals surface area (Å²) in [5.74, 6) is 1.58. The number of hydrogen-bond donors (Lipinski definition) is 1. The molecular formula is C22H21NO4. The first-order valence-corrected chi connectivity index (χ1v) is 8.78. The fourth-order valence-corrected chi connectivity index (χ4v) is 3.88. The minimum Gasteiger partial charge on any atom is -0.493 e. The topological polar surface area (TPSA) is 56.8 Å². The molecule has 0 aromatic heterocycles. The molecule has 1 atom stereocenters. The van der Waals surface area contributed by atoms with Crippen LogP contribution < -0.4 is 19.5 Å². The molecule has 0 fully saturated rings. The van der Waals surface area contributed by atoms with Crippen LogP contribution >= 0.6 is 0 Å². The van der Waals surface area contributed by atoms with E-state index in [1.807, 2.05) is 36.4 Å². The molecule has 0 aliphatic carbocycles. The van der Waals surface area contributed by atoms with Crippen molar-refractivity contribution in [1.82, 2.24) is 0 Å². The largest absolute Gasteiger partial charge is 0.493 e. The zero-order valence-corrected chi connectivity index (χ0v) is 15.5. The van der Waals surface area contributed by atoms with E-state index in [1.165, 1.54) is 0 Å². The Labute approximate surface area is 157 Å². The fourth-order valence-electron chi connectivity index (χ4n) is 3.88. The molecule has 1 N–H and O–H groups in total. The first-order chi connectivity index (χ1) is 13.2. The normalized spacial score (nSPS) is 15.8. The molecule has 1 aliphatic heterocycles. The highest BCUT2D eigenvalue weighted by molar-refractivity contribution is 6.06. The van der Waals surface area contributed by atoms with Gasteiger partial charge in [0.2, 0.25) is 11.7 Å². The van der Waals surface area contributed by atoms with Gasteiger partial charge in [-0.1, -0.05) is 42.5 Å². The predicted octanol–water partition coefficient (Wildman–Crippen LogP) is 4.34. The van der Waals surface area contributed by atoms with Gasteiger partial charge >= 0.3 is 0 Å². The van der Waals surface area contributed by atoms with E-state index < -0.39 is 0 Å². The maximum atomic E-state index is 12.5. The van der Waals surface area contributed by atoms with E-state index in [1.54, 1.807) is 21.3 Å². The zero-order valence-electron chi connectivity index (χ0n) is 15.5. The number of methoxy groups -OCH3 is 3. The second-order valence-electron chi connectivity index (χ2n) is 6.48. The van der Waals surface area contributed by atoms with E-state index >= 15 is 0 Å². The maximum absolute atomic E-state index is 12.5. The molecule has 0 unspecified atom stereocenters. The van der Waals surface area contributed by atoms with Crippen molar-refractivity contribution in [2.45, 2.75) is 12.3 Å². The SMILES string of the molecule is COc1ccc([C@H]2CC(=O)Nc3c2ccc2ccccc32)c(OC)c1OC. The molecule has 5 heteroatoms. The average molecular weight is 363 g/mol. The summed E-state index contributed by atoms with van der Waals surface area (Å²) in [7, 11) is 4.77. The monoisotopic (exact) mass is 363 g/mol. The van der Waals surface area contributed by atoms with Crippen LogP contribution in [0.2, 0.25) is 0 Å². The number of benzene rings is 3. The molecule has 5 nitrogen and oxygen atoms in total. The number of fused-ring (bicyclic) bond motifs is 3. The number of carbonyl (C=O) groups is 1. The second-order valence-corrected chi connectivity index (χ2v) is 6.48. The highest BCUT2D eigenvalue weighted by atomic mass is 16.5. The summed E-state index contributed by atoms with van der Waals surface area (Å²) in [5, 5.41) is 5.18. The van der Waals surface area contributed by atoms with Crippen molar-refractivity contribution in [1.29, 1.82) is 0 Å². The molecule has 1 amide bonds. The smallest absolute Gasteiger partial charge is 0.225 e. The lowest BCUT2D eigenvalue weighted by atomic mass is 9.82. The molecule has 0 saturated heterocycles. The van der Waals surface area contributed by atoms with Gasteiger partial charge in [0, 0.05) is 23.3 Å². The number of rotatable bonds is 4. The third kappa shape index (κ3) is 2.76. The van der Waals surface area contributed by atoms with Crippen LogP contribution in [0.15, 0.2) is 48.5 Å². The Morgan fingerprint density at radius 1 is 0.852 bits per heavy atom. The summed E-state index contributed by atoms with van der Waals surface area (Å²) in [6.45, 7) is 0. The Morgan fingerprint density at radius 2 is 1.59 bits per heavy atom. The summed E-state index contributed by atoms with van der Waals surface area (Å²) >= 11 is 0. The number of nitrogens with one attached hydrogen (secondary N) is 1. The summed E-state index contributed by atoms with van der Waals surface area (Å²) in [6, 6.07) is 16.0. The van der Waals surface area contributed by atoms with E-state index in [9.17, 15) is 4.79 Å². The van der Waals surface area contributed by atoms with Crippen molar-refractivity contribution < 1.29 is 19.0 Å². The molecule has 0 radical (unpaired) electrons. The van der Waals surface area contributed by atoms with E-state index in [4.69, 9.17) is 14.2 Å². The number of ether oxygens (including phenoxy) is 3. The average Bonchev–Trinajstić information content (AvgIpc) is 2.71. The second kappa shape index (κ2) is 6.83. The molecule has 27 heavy (non-hydrogen) atoms. The zero-order chi connectivity index (χ0) is 19.0. The molecule has 3 aromatic rings. The van der Waals surface area contributed by atoms with Gasteiger partial charge in [-0.15, -0.1) is 0 Å². The third-order valence-electron chi connectivity index (χ3n) is 5.10. The molecular weight excluding hydrogens is 342 g/mol. The van der Waals surface area contributed by atoms with Gasteiger partial charge in [-0.3, -0.25) is 4.79 Å². The van der Waals surface area contributed by atoms with Gasteiger partial charge in [0.05, 0.1) is 27.0 Å². The summed E-state index contributed by atoms with van der Waals surface area (Å²) in [6.07, 6.45) is 0.344. The Bertz CT molecular complexity index is 1030. The van der Waals surface area contributed by atoms with Crippen LogP contribution in [0, 0.1) is 0 Å². The van der Waals surface area contributed by atoms with Gasteiger partial charge in [-0.2, -0.15) is 0 Å². The van der Waals surface area contributed by atoms with Gasteiger partial charge < -0.3 is 19.5 Å². The summed E-state index contributed by atoms with van der Waals surface area (Å²) in [5.41, 5.74) is 2.84. The molecule has 3 aromatic carbocycles. The minimum atomic E-state index is -0.131. The van der Waals surface area contributed by atoms with Crippen LogP contribution in [0.3, 0.4) is 0 Å². The van der Waals surface area contributed by atoms with Crippen molar-refractivity contribution in [2.75, 3.05) is 26.6 Å². The van der Waals surface area contributed by atoms with Crippen molar-refractivity contribution in [3.63, 3.8) is 0 Å². The summed E-state index contributed by atoms with van der Waals surface area (Å²) < 4.78 is 16.6. The number of anilines is 1.